The van der Waals surface area contributed by atoms with Gasteiger partial charge in [-0.3, -0.25) is 0 Å². The molecule has 1 aliphatic rings. The minimum Gasteiger partial charge on any atom is -0.478 e. The number of piperidine rings is 1. The number of likely N-dealkylation sites (tertiary alicyclic amines) is 1. The Labute approximate surface area is 124 Å². The summed E-state index contributed by atoms with van der Waals surface area (Å²) in [4.78, 5) is 13.8. The van der Waals surface area contributed by atoms with Crippen LogP contribution in [0, 0.1) is 5.92 Å². The van der Waals surface area contributed by atoms with E-state index in [4.69, 9.17) is 16.3 Å². The molecule has 20 heavy (non-hydrogen) atoms. The first-order chi connectivity index (χ1) is 9.60. The zero-order valence-corrected chi connectivity index (χ0v) is 12.3. The maximum absolute atomic E-state index is 11.5. The minimum atomic E-state index is -0.900. The lowest BCUT2D eigenvalue weighted by Gasteiger charge is -2.34. The second-order valence-corrected chi connectivity index (χ2v) is 5.56. The number of nitrogens with zero attached hydrogens (tertiary/aromatic N) is 1. The quantitative estimate of drug-likeness (QED) is 0.908. The highest BCUT2D eigenvalue weighted by atomic mass is 35.5. The minimum absolute atomic E-state index is 0.0249. The molecule has 5 heteroatoms. The molecule has 1 aromatic rings. The van der Waals surface area contributed by atoms with Crippen molar-refractivity contribution in [1.82, 2.24) is 4.90 Å². The summed E-state index contributed by atoms with van der Waals surface area (Å²) in [5, 5.41) is 10.0. The topological polar surface area (TPSA) is 49.8 Å². The molecule has 0 bridgehead atoms. The van der Waals surface area contributed by atoms with Gasteiger partial charge in [0, 0.05) is 17.5 Å². The average Bonchev–Trinajstić information content (AvgIpc) is 2.46. The van der Waals surface area contributed by atoms with Crippen LogP contribution in [0.3, 0.4) is 0 Å². The van der Waals surface area contributed by atoms with Gasteiger partial charge in [-0.1, -0.05) is 18.5 Å². The predicted molar refractivity (Wildman–Crippen MR) is 78.3 cm³/mol. The number of carbonyl (C=O) groups is 1. The zero-order valence-electron chi connectivity index (χ0n) is 11.6. The lowest BCUT2D eigenvalue weighted by Crippen LogP contribution is -2.45. The fourth-order valence-electron chi connectivity index (χ4n) is 2.63. The SMILES string of the molecule is CCN1CCCC(C(Oc2ccc(Cl)cc2)C(=O)O)C1. The number of carboxylic acid groups (broad SMARTS) is 1. The van der Waals surface area contributed by atoms with E-state index in [9.17, 15) is 9.90 Å². The van der Waals surface area contributed by atoms with Crippen molar-refractivity contribution >= 4 is 17.6 Å². The van der Waals surface area contributed by atoms with Crippen LogP contribution in [-0.2, 0) is 4.79 Å². The monoisotopic (exact) mass is 297 g/mol. The van der Waals surface area contributed by atoms with E-state index in [0.29, 0.717) is 10.8 Å². The number of benzene rings is 1. The van der Waals surface area contributed by atoms with E-state index >= 15 is 0 Å². The van der Waals surface area contributed by atoms with Crippen LogP contribution >= 0.6 is 11.6 Å². The molecule has 0 spiro atoms. The van der Waals surface area contributed by atoms with Crippen LogP contribution in [-0.4, -0.2) is 41.7 Å². The van der Waals surface area contributed by atoms with Crippen LogP contribution in [0.2, 0.25) is 5.02 Å². The fourth-order valence-corrected chi connectivity index (χ4v) is 2.76. The summed E-state index contributed by atoms with van der Waals surface area (Å²) in [6.07, 6.45) is 1.11. The highest BCUT2D eigenvalue weighted by Crippen LogP contribution is 2.25. The third-order valence-corrected chi connectivity index (χ3v) is 3.99. The van der Waals surface area contributed by atoms with Crippen LogP contribution < -0.4 is 4.74 Å². The van der Waals surface area contributed by atoms with Crippen LogP contribution in [0.5, 0.6) is 5.75 Å². The third kappa shape index (κ3) is 3.87. The number of carboxylic acids is 1. The summed E-state index contributed by atoms with van der Waals surface area (Å²) in [6.45, 7) is 4.86. The number of aliphatic carboxylic acids is 1. The van der Waals surface area contributed by atoms with Crippen molar-refractivity contribution in [3.8, 4) is 5.75 Å². The van der Waals surface area contributed by atoms with Gasteiger partial charge in [-0.05, 0) is 50.2 Å². The van der Waals surface area contributed by atoms with Gasteiger partial charge in [0.15, 0.2) is 6.10 Å². The molecule has 0 aliphatic carbocycles. The normalized spacial score (nSPS) is 21.4. The van der Waals surface area contributed by atoms with Gasteiger partial charge in [-0.2, -0.15) is 0 Å². The summed E-state index contributed by atoms with van der Waals surface area (Å²) in [5.74, 6) is -0.324. The molecule has 1 heterocycles. The largest absolute Gasteiger partial charge is 0.478 e. The van der Waals surface area contributed by atoms with Crippen molar-refractivity contribution < 1.29 is 14.6 Å². The highest BCUT2D eigenvalue weighted by Gasteiger charge is 2.33. The summed E-state index contributed by atoms with van der Waals surface area (Å²) in [7, 11) is 0. The van der Waals surface area contributed by atoms with E-state index in [-0.39, 0.29) is 5.92 Å². The zero-order chi connectivity index (χ0) is 14.5. The smallest absolute Gasteiger partial charge is 0.345 e. The van der Waals surface area contributed by atoms with Crippen LogP contribution in [0.25, 0.3) is 0 Å². The molecule has 0 amide bonds. The first-order valence-electron chi connectivity index (χ1n) is 6.97. The molecule has 1 fully saturated rings. The molecular formula is C15H20ClNO3. The Bertz CT molecular complexity index is 449. The van der Waals surface area contributed by atoms with Gasteiger partial charge < -0.3 is 14.7 Å². The Morgan fingerprint density at radius 2 is 2.20 bits per heavy atom. The van der Waals surface area contributed by atoms with Crippen LogP contribution in [0.4, 0.5) is 0 Å². The molecular weight excluding hydrogens is 278 g/mol. The van der Waals surface area contributed by atoms with Gasteiger partial charge in [-0.15, -0.1) is 0 Å². The molecule has 1 aliphatic heterocycles. The maximum Gasteiger partial charge on any atom is 0.345 e. The molecule has 2 atom stereocenters. The van der Waals surface area contributed by atoms with Crippen molar-refractivity contribution in [3.05, 3.63) is 29.3 Å². The summed E-state index contributed by atoms with van der Waals surface area (Å²) >= 11 is 5.82. The molecule has 1 saturated heterocycles. The van der Waals surface area contributed by atoms with E-state index < -0.39 is 12.1 Å². The number of hydrogen-bond acceptors (Lipinski definition) is 3. The van der Waals surface area contributed by atoms with Gasteiger partial charge in [0.2, 0.25) is 0 Å². The van der Waals surface area contributed by atoms with Gasteiger partial charge in [0.25, 0.3) is 0 Å². The molecule has 1 aromatic carbocycles. The van der Waals surface area contributed by atoms with E-state index in [1.807, 2.05) is 0 Å². The van der Waals surface area contributed by atoms with E-state index in [2.05, 4.69) is 11.8 Å². The third-order valence-electron chi connectivity index (χ3n) is 3.74. The molecule has 4 nitrogen and oxygen atoms in total. The van der Waals surface area contributed by atoms with Crippen molar-refractivity contribution in [2.24, 2.45) is 5.92 Å². The van der Waals surface area contributed by atoms with E-state index in [1.54, 1.807) is 24.3 Å². The van der Waals surface area contributed by atoms with Crippen molar-refractivity contribution in [2.75, 3.05) is 19.6 Å². The second kappa shape index (κ2) is 6.95. The van der Waals surface area contributed by atoms with Crippen molar-refractivity contribution in [3.63, 3.8) is 0 Å². The van der Waals surface area contributed by atoms with E-state index in [1.165, 1.54) is 0 Å². The lowest BCUT2D eigenvalue weighted by atomic mass is 9.92. The Balaban J connectivity index is 2.06. The Morgan fingerprint density at radius 3 is 2.80 bits per heavy atom. The molecule has 1 N–H and O–H groups in total. The van der Waals surface area contributed by atoms with Crippen molar-refractivity contribution in [1.29, 1.82) is 0 Å². The number of hydrogen-bond donors (Lipinski definition) is 1. The first-order valence-corrected chi connectivity index (χ1v) is 7.35. The molecule has 0 saturated carbocycles. The van der Waals surface area contributed by atoms with Crippen LogP contribution in [0.1, 0.15) is 19.8 Å². The molecule has 0 radical (unpaired) electrons. The molecule has 110 valence electrons. The Hall–Kier alpha value is -1.26. The van der Waals surface area contributed by atoms with Crippen molar-refractivity contribution in [2.45, 2.75) is 25.9 Å². The first kappa shape index (κ1) is 15.1. The van der Waals surface area contributed by atoms with Gasteiger partial charge in [0.1, 0.15) is 5.75 Å². The average molecular weight is 298 g/mol. The summed E-state index contributed by atoms with van der Waals surface area (Å²) in [5.41, 5.74) is 0. The molecule has 2 rings (SSSR count). The predicted octanol–water partition coefficient (Wildman–Crippen LogP) is 2.90. The van der Waals surface area contributed by atoms with Gasteiger partial charge in [0.05, 0.1) is 0 Å². The van der Waals surface area contributed by atoms with Crippen LogP contribution in [0.15, 0.2) is 24.3 Å². The maximum atomic E-state index is 11.5. The number of rotatable bonds is 5. The Kier molecular flexibility index (Phi) is 5.26. The Morgan fingerprint density at radius 1 is 1.50 bits per heavy atom. The second-order valence-electron chi connectivity index (χ2n) is 5.13. The van der Waals surface area contributed by atoms with Gasteiger partial charge in [-0.25, -0.2) is 4.79 Å². The number of halogens is 1. The van der Waals surface area contributed by atoms with E-state index in [0.717, 1.165) is 32.5 Å². The lowest BCUT2D eigenvalue weighted by molar-refractivity contribution is -0.148. The highest BCUT2D eigenvalue weighted by molar-refractivity contribution is 6.30. The summed E-state index contributed by atoms with van der Waals surface area (Å²) < 4.78 is 5.68. The number of ether oxygens (including phenoxy) is 1. The molecule has 0 aromatic heterocycles. The fraction of sp³-hybridized carbons (Fsp3) is 0.533. The van der Waals surface area contributed by atoms with Gasteiger partial charge >= 0.3 is 5.97 Å². The standard InChI is InChI=1S/C15H20ClNO3/c1-2-17-9-3-4-11(10-17)14(15(18)19)20-13-7-5-12(16)6-8-13/h5-8,11,14H,2-4,9-10H2,1H3,(H,18,19). The summed E-state index contributed by atoms with van der Waals surface area (Å²) in [6, 6.07) is 6.82. The molecule has 2 unspecified atom stereocenters.